The molecule has 0 aromatic heterocycles. The van der Waals surface area contributed by atoms with Crippen molar-refractivity contribution in [3.63, 3.8) is 0 Å². The van der Waals surface area contributed by atoms with Crippen molar-refractivity contribution in [3.05, 3.63) is 18.2 Å². The molecule has 7 heteroatoms. The molecule has 0 saturated heterocycles. The quantitative estimate of drug-likeness (QED) is 0.822. The normalized spacial score (nSPS) is 12.1. The average Bonchev–Trinajstić information content (AvgIpc) is 2.33. The summed E-state index contributed by atoms with van der Waals surface area (Å²) in [5.74, 6) is 1.59. The summed E-state index contributed by atoms with van der Waals surface area (Å²) in [5, 5.41) is 5.06. The molecule has 0 bridgehead atoms. The van der Waals surface area contributed by atoms with Crippen LogP contribution >= 0.6 is 0 Å². The fraction of sp³-hybridized carbons (Fsp3) is 0.538. The summed E-state index contributed by atoms with van der Waals surface area (Å²) in [7, 11) is -0.451. The number of hydrogen-bond acceptors (Lipinski definition) is 5. The van der Waals surface area contributed by atoms with Gasteiger partial charge < -0.3 is 14.2 Å². The van der Waals surface area contributed by atoms with Crippen LogP contribution in [0.4, 0.5) is 0 Å². The predicted octanol–water partition coefficient (Wildman–Crippen LogP) is 1.40. The van der Waals surface area contributed by atoms with E-state index in [1.165, 1.54) is 0 Å². The van der Waals surface area contributed by atoms with Crippen LogP contribution in [0.2, 0.25) is 0 Å². The van der Waals surface area contributed by atoms with E-state index in [1.54, 1.807) is 46.3 Å². The van der Waals surface area contributed by atoms with Crippen molar-refractivity contribution >= 4 is 10.0 Å². The van der Waals surface area contributed by atoms with E-state index in [0.717, 1.165) is 0 Å². The van der Waals surface area contributed by atoms with Gasteiger partial charge in [0.25, 0.3) is 0 Å². The Hall–Kier alpha value is -1.47. The molecule has 0 radical (unpaired) electrons. The van der Waals surface area contributed by atoms with Crippen LogP contribution in [0.5, 0.6) is 17.2 Å². The fourth-order valence-corrected chi connectivity index (χ4v) is 2.90. The first kappa shape index (κ1) is 16.6. The average molecular weight is 303 g/mol. The summed E-state index contributed by atoms with van der Waals surface area (Å²) in [6.45, 7) is 3.75. The zero-order valence-electron chi connectivity index (χ0n) is 12.2. The predicted molar refractivity (Wildman–Crippen MR) is 76.8 cm³/mol. The molecule has 0 aliphatic heterocycles. The van der Waals surface area contributed by atoms with Crippen molar-refractivity contribution < 1.29 is 22.6 Å². The second-order valence-corrected chi connectivity index (χ2v) is 6.92. The highest BCUT2D eigenvalue weighted by atomic mass is 32.2. The van der Waals surface area contributed by atoms with Crippen LogP contribution < -0.4 is 19.3 Å². The lowest BCUT2D eigenvalue weighted by Gasteiger charge is -2.23. The van der Waals surface area contributed by atoms with Gasteiger partial charge in [-0.1, -0.05) is 13.8 Å². The molecule has 6 nitrogen and oxygen atoms in total. The molecular formula is C13H21NO5S. The third kappa shape index (κ3) is 5.66. The van der Waals surface area contributed by atoms with Crippen LogP contribution in [-0.2, 0) is 10.0 Å². The van der Waals surface area contributed by atoms with Gasteiger partial charge in [0.2, 0.25) is 10.0 Å². The first-order valence-corrected chi connectivity index (χ1v) is 7.73. The Kier molecular flexibility index (Phi) is 5.24. The van der Waals surface area contributed by atoms with Gasteiger partial charge in [0.05, 0.1) is 26.6 Å². The highest BCUT2D eigenvalue weighted by Gasteiger charge is 2.25. The Morgan fingerprint density at radius 1 is 1.05 bits per heavy atom. The summed E-state index contributed by atoms with van der Waals surface area (Å²) < 4.78 is 38.2. The molecule has 20 heavy (non-hydrogen) atoms. The number of rotatable bonds is 7. The molecule has 0 fully saturated rings. The van der Waals surface area contributed by atoms with Crippen molar-refractivity contribution in [2.45, 2.75) is 13.8 Å². The maximum atomic E-state index is 11.1. The Bertz CT molecular complexity index is 532. The molecule has 1 rings (SSSR count). The minimum Gasteiger partial charge on any atom is -0.496 e. The summed E-state index contributed by atoms with van der Waals surface area (Å²) in [6, 6.07) is 5.13. The van der Waals surface area contributed by atoms with E-state index in [2.05, 4.69) is 0 Å². The van der Waals surface area contributed by atoms with E-state index in [4.69, 9.17) is 19.3 Å². The molecule has 1 aromatic rings. The molecule has 0 amide bonds. The lowest BCUT2D eigenvalue weighted by atomic mass is 9.98. The van der Waals surface area contributed by atoms with Crippen molar-refractivity contribution in [1.82, 2.24) is 0 Å². The summed E-state index contributed by atoms with van der Waals surface area (Å²) >= 11 is 0. The maximum absolute atomic E-state index is 11.1. The van der Waals surface area contributed by atoms with Crippen LogP contribution in [0.1, 0.15) is 13.8 Å². The lowest BCUT2D eigenvalue weighted by molar-refractivity contribution is 0.198. The van der Waals surface area contributed by atoms with Gasteiger partial charge in [0, 0.05) is 23.6 Å². The number of hydrogen-bond donors (Lipinski definition) is 1. The van der Waals surface area contributed by atoms with Crippen molar-refractivity contribution in [1.29, 1.82) is 0 Å². The molecule has 114 valence electrons. The molecule has 1 aromatic carbocycles. The van der Waals surface area contributed by atoms with Crippen LogP contribution in [0.25, 0.3) is 0 Å². The van der Waals surface area contributed by atoms with Crippen LogP contribution in [0.3, 0.4) is 0 Å². The summed E-state index contributed by atoms with van der Waals surface area (Å²) in [5.41, 5.74) is -0.593. The SMILES string of the molecule is COc1cc(OC)cc(OCC(C)(C)CS(N)(=O)=O)c1. The van der Waals surface area contributed by atoms with Crippen molar-refractivity contribution in [3.8, 4) is 17.2 Å². The van der Waals surface area contributed by atoms with E-state index >= 15 is 0 Å². The molecule has 0 aliphatic carbocycles. The third-order valence-electron chi connectivity index (χ3n) is 2.55. The number of nitrogens with two attached hydrogens (primary N) is 1. The number of benzene rings is 1. The monoisotopic (exact) mass is 303 g/mol. The molecule has 0 heterocycles. The molecule has 0 spiro atoms. The first-order valence-electron chi connectivity index (χ1n) is 6.01. The minimum absolute atomic E-state index is 0.152. The second kappa shape index (κ2) is 6.32. The topological polar surface area (TPSA) is 87.8 Å². The zero-order valence-corrected chi connectivity index (χ0v) is 13.0. The minimum atomic E-state index is -3.54. The highest BCUT2D eigenvalue weighted by Crippen LogP contribution is 2.29. The maximum Gasteiger partial charge on any atom is 0.209 e. The second-order valence-electron chi connectivity index (χ2n) is 5.31. The molecule has 0 aliphatic rings. The molecule has 2 N–H and O–H groups in total. The van der Waals surface area contributed by atoms with Gasteiger partial charge in [0.1, 0.15) is 17.2 Å². The van der Waals surface area contributed by atoms with Gasteiger partial charge in [-0.25, -0.2) is 13.6 Å². The van der Waals surface area contributed by atoms with E-state index in [9.17, 15) is 8.42 Å². The number of ether oxygens (including phenoxy) is 3. The molecule has 0 unspecified atom stereocenters. The van der Waals surface area contributed by atoms with E-state index in [0.29, 0.717) is 17.2 Å². The molecule has 0 saturated carbocycles. The number of methoxy groups -OCH3 is 2. The Morgan fingerprint density at radius 2 is 1.50 bits per heavy atom. The van der Waals surface area contributed by atoms with E-state index in [1.807, 2.05) is 0 Å². The standard InChI is InChI=1S/C13H21NO5S/c1-13(2,9-20(14,15)16)8-19-12-6-10(17-3)5-11(7-12)18-4/h5-7H,8-9H2,1-4H3,(H2,14,15,16). The van der Waals surface area contributed by atoms with Crippen LogP contribution in [0, 0.1) is 5.41 Å². The van der Waals surface area contributed by atoms with E-state index in [-0.39, 0.29) is 12.4 Å². The Labute approximate surface area is 119 Å². The molecule has 0 atom stereocenters. The number of sulfonamides is 1. The fourth-order valence-electron chi connectivity index (χ4n) is 1.73. The Balaban J connectivity index is 2.78. The summed E-state index contributed by atoms with van der Waals surface area (Å²) in [6.07, 6.45) is 0. The smallest absolute Gasteiger partial charge is 0.209 e. The third-order valence-corrected chi connectivity index (χ3v) is 3.73. The van der Waals surface area contributed by atoms with Gasteiger partial charge in [0.15, 0.2) is 0 Å². The highest BCUT2D eigenvalue weighted by molar-refractivity contribution is 7.89. The van der Waals surface area contributed by atoms with Crippen LogP contribution in [-0.4, -0.2) is 35.0 Å². The van der Waals surface area contributed by atoms with Crippen molar-refractivity contribution in [2.24, 2.45) is 10.6 Å². The summed E-state index contributed by atoms with van der Waals surface area (Å²) in [4.78, 5) is 0. The van der Waals surface area contributed by atoms with Gasteiger partial charge >= 0.3 is 0 Å². The van der Waals surface area contributed by atoms with Crippen molar-refractivity contribution in [2.75, 3.05) is 26.6 Å². The van der Waals surface area contributed by atoms with Gasteiger partial charge in [-0.3, -0.25) is 0 Å². The Morgan fingerprint density at radius 3 is 1.90 bits per heavy atom. The van der Waals surface area contributed by atoms with Crippen LogP contribution in [0.15, 0.2) is 18.2 Å². The van der Waals surface area contributed by atoms with Gasteiger partial charge in [-0.15, -0.1) is 0 Å². The van der Waals surface area contributed by atoms with Gasteiger partial charge in [-0.05, 0) is 0 Å². The largest absolute Gasteiger partial charge is 0.496 e. The molecular weight excluding hydrogens is 282 g/mol. The number of primary sulfonamides is 1. The zero-order chi connectivity index (χ0) is 15.4. The van der Waals surface area contributed by atoms with E-state index < -0.39 is 15.4 Å². The van der Waals surface area contributed by atoms with Gasteiger partial charge in [-0.2, -0.15) is 0 Å². The lowest BCUT2D eigenvalue weighted by Crippen LogP contribution is -2.33. The first-order chi connectivity index (χ1) is 9.15.